The van der Waals surface area contributed by atoms with Gasteiger partial charge in [0.05, 0.1) is 54.5 Å². The highest BCUT2D eigenvalue weighted by molar-refractivity contribution is 6.07. The lowest BCUT2D eigenvalue weighted by Gasteiger charge is -2.37. The number of aromatic nitrogens is 4. The molecular formula is C46H52N8O7. The second-order valence-corrected chi connectivity index (χ2v) is 17.1. The fraction of sp³-hybridized carbons (Fsp3) is 0.435. The number of hydrogen-bond acceptors (Lipinski definition) is 9. The van der Waals surface area contributed by atoms with E-state index in [1.807, 2.05) is 29.7 Å². The molecule has 15 nitrogen and oxygen atoms in total. The molecule has 9 rings (SSSR count). The Bertz CT molecular complexity index is 2690. The summed E-state index contributed by atoms with van der Waals surface area (Å²) in [5, 5.41) is 9.54. The van der Waals surface area contributed by atoms with Crippen LogP contribution in [0.2, 0.25) is 0 Å². The first-order chi connectivity index (χ1) is 29.5. The molecule has 0 radical (unpaired) electrons. The van der Waals surface area contributed by atoms with Gasteiger partial charge in [-0.15, -0.1) is 0 Å². The molecule has 3 fully saturated rings. The fourth-order valence-electron chi connectivity index (χ4n) is 10.0. The van der Waals surface area contributed by atoms with Crippen molar-refractivity contribution < 1.29 is 33.4 Å². The number of nitrogens with zero attached hydrogens (tertiary/aromatic N) is 4. The molecule has 4 aromatic carbocycles. The maximum atomic E-state index is 14.2. The van der Waals surface area contributed by atoms with Crippen LogP contribution in [-0.4, -0.2) is 106 Å². The summed E-state index contributed by atoms with van der Waals surface area (Å²) in [6, 6.07) is 19.1. The van der Waals surface area contributed by atoms with Crippen LogP contribution in [0.15, 0.2) is 60.7 Å². The van der Waals surface area contributed by atoms with Crippen molar-refractivity contribution in [2.45, 2.75) is 89.2 Å². The molecule has 61 heavy (non-hydrogen) atoms. The first-order valence-corrected chi connectivity index (χ1v) is 21.2. The van der Waals surface area contributed by atoms with Crippen molar-refractivity contribution in [2.75, 3.05) is 27.9 Å². The van der Waals surface area contributed by atoms with Crippen molar-refractivity contribution in [3.63, 3.8) is 0 Å². The van der Waals surface area contributed by atoms with Gasteiger partial charge in [0.1, 0.15) is 23.7 Å². The number of aromatic amines is 2. The fourth-order valence-corrected chi connectivity index (χ4v) is 10.0. The molecule has 2 aromatic heterocycles. The number of H-pyrrole nitrogens is 2. The molecular weight excluding hydrogens is 777 g/mol. The number of nitrogens with one attached hydrogen (secondary N) is 4. The molecule has 2 bridgehead atoms. The van der Waals surface area contributed by atoms with E-state index >= 15 is 0 Å². The van der Waals surface area contributed by atoms with Crippen LogP contribution in [0.5, 0.6) is 0 Å². The van der Waals surface area contributed by atoms with Crippen LogP contribution < -0.4 is 10.6 Å². The zero-order valence-corrected chi connectivity index (χ0v) is 35.3. The van der Waals surface area contributed by atoms with E-state index in [-0.39, 0.29) is 41.8 Å². The highest BCUT2D eigenvalue weighted by atomic mass is 16.5. The van der Waals surface area contributed by atoms with Gasteiger partial charge in [-0.25, -0.2) is 19.6 Å². The Balaban J connectivity index is 0.986. The molecule has 0 spiro atoms. The van der Waals surface area contributed by atoms with Gasteiger partial charge >= 0.3 is 12.2 Å². The number of carbonyl (C=O) groups is 4. The Morgan fingerprint density at radius 3 is 1.90 bits per heavy atom. The Morgan fingerprint density at radius 2 is 1.31 bits per heavy atom. The number of rotatable bonds is 10. The van der Waals surface area contributed by atoms with Gasteiger partial charge in [0.15, 0.2) is 0 Å². The van der Waals surface area contributed by atoms with E-state index in [1.165, 1.54) is 21.3 Å². The summed E-state index contributed by atoms with van der Waals surface area (Å²) in [6.45, 7) is 6.17. The number of methoxy groups -OCH3 is 3. The zero-order valence-electron chi connectivity index (χ0n) is 35.3. The summed E-state index contributed by atoms with van der Waals surface area (Å²) in [4.78, 5) is 73.3. The van der Waals surface area contributed by atoms with Crippen LogP contribution in [0.25, 0.3) is 54.7 Å². The number of benzene rings is 4. The van der Waals surface area contributed by atoms with Gasteiger partial charge in [-0.2, -0.15) is 0 Å². The van der Waals surface area contributed by atoms with E-state index in [9.17, 15) is 19.2 Å². The van der Waals surface area contributed by atoms with E-state index in [1.54, 1.807) is 6.92 Å². The molecule has 4 heterocycles. The lowest BCUT2D eigenvalue weighted by Crippen LogP contribution is -2.56. The van der Waals surface area contributed by atoms with Gasteiger partial charge in [0.2, 0.25) is 11.8 Å². The number of fused-ring (bicyclic) bond motifs is 8. The maximum Gasteiger partial charge on any atom is 0.407 e. The van der Waals surface area contributed by atoms with Crippen molar-refractivity contribution in [3.05, 3.63) is 72.3 Å². The number of alkyl carbamates (subject to hydrolysis) is 2. The summed E-state index contributed by atoms with van der Waals surface area (Å²) in [6.07, 6.45) is 2.55. The Kier molecular flexibility index (Phi) is 10.5. The van der Waals surface area contributed by atoms with Crippen molar-refractivity contribution in [1.82, 2.24) is 40.4 Å². The Hall–Kier alpha value is -6.22. The number of likely N-dealkylation sites (tertiary alicyclic amines) is 2. The Morgan fingerprint density at radius 1 is 0.721 bits per heavy atom. The minimum atomic E-state index is -0.900. The second kappa shape index (κ2) is 16.0. The Labute approximate surface area is 352 Å². The molecule has 2 aliphatic heterocycles. The largest absolute Gasteiger partial charge is 0.453 e. The number of hydrogen-bond donors (Lipinski definition) is 4. The van der Waals surface area contributed by atoms with E-state index in [2.05, 4.69) is 75.2 Å². The lowest BCUT2D eigenvalue weighted by atomic mass is 9.97. The van der Waals surface area contributed by atoms with Crippen LogP contribution in [0.3, 0.4) is 0 Å². The molecule has 318 valence electrons. The van der Waals surface area contributed by atoms with Crippen LogP contribution >= 0.6 is 0 Å². The summed E-state index contributed by atoms with van der Waals surface area (Å²) >= 11 is 0. The molecule has 4 N–H and O–H groups in total. The van der Waals surface area contributed by atoms with E-state index in [0.717, 1.165) is 98.5 Å². The van der Waals surface area contributed by atoms with Crippen molar-refractivity contribution in [2.24, 2.45) is 11.8 Å². The first kappa shape index (κ1) is 40.2. The first-order valence-electron chi connectivity index (χ1n) is 21.2. The van der Waals surface area contributed by atoms with Gasteiger partial charge in [0.25, 0.3) is 0 Å². The average molecular weight is 829 g/mol. The van der Waals surface area contributed by atoms with Crippen LogP contribution in [0, 0.1) is 11.8 Å². The van der Waals surface area contributed by atoms with Crippen LogP contribution in [-0.2, 0) is 23.8 Å². The minimum absolute atomic E-state index is 0.0586. The van der Waals surface area contributed by atoms with E-state index in [0.29, 0.717) is 6.54 Å². The molecule has 1 aliphatic carbocycles. The van der Waals surface area contributed by atoms with Gasteiger partial charge < -0.3 is 44.6 Å². The monoisotopic (exact) mass is 828 g/mol. The highest BCUT2D eigenvalue weighted by Crippen LogP contribution is 2.50. The summed E-state index contributed by atoms with van der Waals surface area (Å²) in [7, 11) is 4.10. The van der Waals surface area contributed by atoms with Gasteiger partial charge in [-0.1, -0.05) is 50.2 Å². The third-order valence-corrected chi connectivity index (χ3v) is 13.2. The third kappa shape index (κ3) is 7.07. The topological polar surface area (TPSA) is 184 Å². The number of piperidine rings is 1. The normalized spacial score (nSPS) is 21.4. The summed E-state index contributed by atoms with van der Waals surface area (Å²) < 4.78 is 15.2. The third-order valence-electron chi connectivity index (χ3n) is 13.2. The summed E-state index contributed by atoms with van der Waals surface area (Å²) in [5.74, 6) is 1.29. The van der Waals surface area contributed by atoms with E-state index in [4.69, 9.17) is 24.2 Å². The standard InChI is InChI=1S/C46H52N8O7/c1-23(2)36(51-45(57)60-5)43(55)53-19-7-8-35(53)41-47-33-17-12-27-20-25(10-15-31(27)38(33)49-41)26-11-16-32-28(21-26)13-18-34-39(32)50-42(48-34)40-29-9-14-30(22-29)54(40)44(56)37(24(3)59-4)52-46(58)61-6/h10-13,15-18,20-21,23-24,29-30,35-37,40H,7-9,14,19,22H2,1-6H3,(H,47,49)(H,48,50)(H,51,57)(H,52,58). The molecule has 1 saturated carbocycles. The van der Waals surface area contributed by atoms with Crippen LogP contribution in [0.1, 0.15) is 76.6 Å². The minimum Gasteiger partial charge on any atom is -0.453 e. The molecule has 2 saturated heterocycles. The maximum absolute atomic E-state index is 14.2. The highest BCUT2D eigenvalue weighted by Gasteiger charge is 2.52. The molecule has 4 amide bonds. The molecule has 7 unspecified atom stereocenters. The lowest BCUT2D eigenvalue weighted by molar-refractivity contribution is -0.141. The van der Waals surface area contributed by atoms with Crippen LogP contribution in [0.4, 0.5) is 9.59 Å². The number of ether oxygens (including phenoxy) is 3. The zero-order chi connectivity index (χ0) is 42.7. The average Bonchev–Trinajstić information content (AvgIpc) is 4.13. The van der Waals surface area contributed by atoms with Gasteiger partial charge in [0, 0.05) is 30.5 Å². The van der Waals surface area contributed by atoms with E-state index < -0.39 is 30.4 Å². The van der Waals surface area contributed by atoms with Crippen molar-refractivity contribution in [1.29, 1.82) is 0 Å². The molecule has 6 aromatic rings. The second-order valence-electron chi connectivity index (χ2n) is 17.1. The number of carbonyl (C=O) groups excluding carboxylic acids is 4. The van der Waals surface area contributed by atoms with Gasteiger partial charge in [-0.3, -0.25) is 9.59 Å². The SMILES string of the molecule is COC(=O)NC(C(=O)N1CCCC1c1nc2c(ccc3cc(-c4ccc5c(ccc6[nH]c(C7C8CCC(C8)N7C(=O)C(NC(=O)OC)C(C)OC)nc65)c4)ccc32)[nH]1)C(C)C. The molecule has 7 atom stereocenters. The quantitative estimate of drug-likeness (QED) is 0.110. The predicted octanol–water partition coefficient (Wildman–Crippen LogP) is 7.27. The van der Waals surface area contributed by atoms with Crippen molar-refractivity contribution in [3.8, 4) is 11.1 Å². The smallest absolute Gasteiger partial charge is 0.407 e. The molecule has 15 heteroatoms. The number of imidazole rings is 2. The summed E-state index contributed by atoms with van der Waals surface area (Å²) in [5.41, 5.74) is 5.62. The van der Waals surface area contributed by atoms with Crippen molar-refractivity contribution >= 4 is 67.6 Å². The predicted molar refractivity (Wildman–Crippen MR) is 231 cm³/mol. The number of amides is 4. The van der Waals surface area contributed by atoms with Gasteiger partial charge in [-0.05, 0) is 97.0 Å². The molecule has 3 aliphatic rings.